The first kappa shape index (κ1) is 14.9. The highest BCUT2D eigenvalue weighted by Crippen LogP contribution is 2.20. The number of piperazine rings is 1. The standard InChI is InChI=1S/C13H18F3N3O/c1-9-6-19(7-10(2)17-9)12(20)11-4-3-5-18(11)8-13(14,15)16/h3-5,9-10,17H,6-8H2,1-2H3. The lowest BCUT2D eigenvalue weighted by Gasteiger charge is -2.36. The molecular formula is C13H18F3N3O. The smallest absolute Gasteiger partial charge is 0.334 e. The van der Waals surface area contributed by atoms with Crippen molar-refractivity contribution in [2.45, 2.75) is 38.7 Å². The van der Waals surface area contributed by atoms with Gasteiger partial charge in [0.25, 0.3) is 5.91 Å². The number of halogens is 3. The molecule has 0 aromatic carbocycles. The van der Waals surface area contributed by atoms with E-state index in [0.717, 1.165) is 4.57 Å². The van der Waals surface area contributed by atoms with Crippen LogP contribution in [0.3, 0.4) is 0 Å². The number of carbonyl (C=O) groups is 1. The zero-order valence-corrected chi connectivity index (χ0v) is 11.4. The van der Waals surface area contributed by atoms with Gasteiger partial charge in [0, 0.05) is 31.4 Å². The number of nitrogens with one attached hydrogen (secondary N) is 1. The summed E-state index contributed by atoms with van der Waals surface area (Å²) in [7, 11) is 0. The van der Waals surface area contributed by atoms with Crippen LogP contribution in [0.15, 0.2) is 18.3 Å². The minimum atomic E-state index is -4.34. The largest absolute Gasteiger partial charge is 0.406 e. The van der Waals surface area contributed by atoms with Crippen molar-refractivity contribution >= 4 is 5.91 Å². The van der Waals surface area contributed by atoms with E-state index in [-0.39, 0.29) is 23.7 Å². The lowest BCUT2D eigenvalue weighted by molar-refractivity contribution is -0.140. The van der Waals surface area contributed by atoms with Crippen LogP contribution < -0.4 is 5.32 Å². The van der Waals surface area contributed by atoms with E-state index >= 15 is 0 Å². The molecule has 1 aromatic rings. The number of hydrogen-bond donors (Lipinski definition) is 1. The molecule has 0 spiro atoms. The van der Waals surface area contributed by atoms with Gasteiger partial charge >= 0.3 is 6.18 Å². The van der Waals surface area contributed by atoms with E-state index in [1.54, 1.807) is 4.90 Å². The van der Waals surface area contributed by atoms with Gasteiger partial charge in [-0.15, -0.1) is 0 Å². The number of alkyl halides is 3. The normalized spacial score (nSPS) is 23.9. The average molecular weight is 289 g/mol. The van der Waals surface area contributed by atoms with Gasteiger partial charge in [0.15, 0.2) is 0 Å². The van der Waals surface area contributed by atoms with Crippen molar-refractivity contribution < 1.29 is 18.0 Å². The van der Waals surface area contributed by atoms with Crippen LogP contribution in [0.2, 0.25) is 0 Å². The first-order chi connectivity index (χ1) is 9.26. The molecule has 2 rings (SSSR count). The molecule has 112 valence electrons. The molecule has 1 amide bonds. The van der Waals surface area contributed by atoms with Crippen molar-refractivity contribution in [3.8, 4) is 0 Å². The predicted octanol–water partition coefficient (Wildman–Crippen LogP) is 1.87. The van der Waals surface area contributed by atoms with Gasteiger partial charge in [0.05, 0.1) is 0 Å². The molecule has 2 heterocycles. The highest BCUT2D eigenvalue weighted by atomic mass is 19.4. The number of rotatable bonds is 2. The van der Waals surface area contributed by atoms with Crippen molar-refractivity contribution in [3.63, 3.8) is 0 Å². The summed E-state index contributed by atoms with van der Waals surface area (Å²) in [6.45, 7) is 3.76. The van der Waals surface area contributed by atoms with Gasteiger partial charge in [-0.3, -0.25) is 4.79 Å². The molecule has 1 aromatic heterocycles. The highest BCUT2D eigenvalue weighted by Gasteiger charge is 2.31. The Hall–Kier alpha value is -1.50. The van der Waals surface area contributed by atoms with Gasteiger partial charge in [0.2, 0.25) is 0 Å². The second-order valence-corrected chi connectivity index (χ2v) is 5.32. The van der Waals surface area contributed by atoms with Gasteiger partial charge in [-0.2, -0.15) is 13.2 Å². The van der Waals surface area contributed by atoms with Crippen molar-refractivity contribution in [2.75, 3.05) is 13.1 Å². The van der Waals surface area contributed by atoms with Crippen LogP contribution in [0.5, 0.6) is 0 Å². The molecule has 20 heavy (non-hydrogen) atoms. The Morgan fingerprint density at radius 1 is 1.35 bits per heavy atom. The van der Waals surface area contributed by atoms with Gasteiger partial charge in [-0.05, 0) is 26.0 Å². The molecular weight excluding hydrogens is 271 g/mol. The van der Waals surface area contributed by atoms with E-state index < -0.39 is 12.7 Å². The lowest BCUT2D eigenvalue weighted by atomic mass is 10.1. The number of nitrogens with zero attached hydrogens (tertiary/aromatic N) is 2. The molecule has 0 saturated carbocycles. The fourth-order valence-electron chi connectivity index (χ4n) is 2.59. The average Bonchev–Trinajstić information content (AvgIpc) is 2.72. The second-order valence-electron chi connectivity index (χ2n) is 5.32. The second kappa shape index (κ2) is 5.47. The SMILES string of the molecule is CC1CN(C(=O)c2cccn2CC(F)(F)F)CC(C)N1. The van der Waals surface area contributed by atoms with E-state index in [9.17, 15) is 18.0 Å². The van der Waals surface area contributed by atoms with Gasteiger partial charge in [0.1, 0.15) is 12.2 Å². The van der Waals surface area contributed by atoms with Crippen LogP contribution in [0.25, 0.3) is 0 Å². The molecule has 0 radical (unpaired) electrons. The summed E-state index contributed by atoms with van der Waals surface area (Å²) in [5.74, 6) is -0.348. The van der Waals surface area contributed by atoms with Crippen molar-refractivity contribution in [1.29, 1.82) is 0 Å². The van der Waals surface area contributed by atoms with Crippen LogP contribution in [0, 0.1) is 0 Å². The molecule has 1 N–H and O–H groups in total. The molecule has 2 atom stereocenters. The highest BCUT2D eigenvalue weighted by molar-refractivity contribution is 5.93. The number of amides is 1. The Morgan fingerprint density at radius 3 is 2.50 bits per heavy atom. The van der Waals surface area contributed by atoms with Crippen molar-refractivity contribution in [2.24, 2.45) is 0 Å². The number of hydrogen-bond acceptors (Lipinski definition) is 2. The Labute approximate surface area is 115 Å². The van der Waals surface area contributed by atoms with Crippen LogP contribution in [0.1, 0.15) is 24.3 Å². The summed E-state index contributed by atoms with van der Waals surface area (Å²) in [6.07, 6.45) is -3.05. The predicted molar refractivity (Wildman–Crippen MR) is 68.5 cm³/mol. The third kappa shape index (κ3) is 3.53. The third-order valence-electron chi connectivity index (χ3n) is 3.24. The van der Waals surface area contributed by atoms with Crippen LogP contribution in [-0.2, 0) is 6.54 Å². The molecule has 1 aliphatic rings. The molecule has 7 heteroatoms. The van der Waals surface area contributed by atoms with Crippen molar-refractivity contribution in [3.05, 3.63) is 24.0 Å². The van der Waals surface area contributed by atoms with Gasteiger partial charge in [-0.1, -0.05) is 0 Å². The van der Waals surface area contributed by atoms with Crippen LogP contribution in [-0.4, -0.2) is 46.7 Å². The molecule has 1 aliphatic heterocycles. The van der Waals surface area contributed by atoms with E-state index in [2.05, 4.69) is 5.32 Å². The first-order valence-electron chi connectivity index (χ1n) is 6.53. The molecule has 2 unspecified atom stereocenters. The summed E-state index contributed by atoms with van der Waals surface area (Å²) >= 11 is 0. The zero-order valence-electron chi connectivity index (χ0n) is 11.4. The minimum Gasteiger partial charge on any atom is -0.334 e. The summed E-state index contributed by atoms with van der Waals surface area (Å²) in [5, 5.41) is 3.28. The van der Waals surface area contributed by atoms with Crippen LogP contribution in [0.4, 0.5) is 13.2 Å². The molecule has 1 fully saturated rings. The summed E-state index contributed by atoms with van der Waals surface area (Å²) < 4.78 is 38.4. The summed E-state index contributed by atoms with van der Waals surface area (Å²) in [4.78, 5) is 14.0. The van der Waals surface area contributed by atoms with Gasteiger partial charge in [-0.25, -0.2) is 0 Å². The number of carbonyl (C=O) groups excluding carboxylic acids is 1. The minimum absolute atomic E-state index is 0.0867. The van der Waals surface area contributed by atoms with E-state index in [1.165, 1.54) is 18.3 Å². The maximum atomic E-state index is 12.5. The Kier molecular flexibility index (Phi) is 4.08. The van der Waals surface area contributed by atoms with E-state index in [0.29, 0.717) is 13.1 Å². The third-order valence-corrected chi connectivity index (χ3v) is 3.24. The Morgan fingerprint density at radius 2 is 1.95 bits per heavy atom. The Balaban J connectivity index is 2.15. The maximum absolute atomic E-state index is 12.5. The Bertz CT molecular complexity index is 473. The molecule has 4 nitrogen and oxygen atoms in total. The lowest BCUT2D eigenvalue weighted by Crippen LogP contribution is -2.56. The zero-order chi connectivity index (χ0) is 14.9. The van der Waals surface area contributed by atoms with E-state index in [1.807, 2.05) is 13.8 Å². The molecule has 1 saturated heterocycles. The monoisotopic (exact) mass is 289 g/mol. The quantitative estimate of drug-likeness (QED) is 0.902. The van der Waals surface area contributed by atoms with Gasteiger partial charge < -0.3 is 14.8 Å². The maximum Gasteiger partial charge on any atom is 0.406 e. The fraction of sp³-hybridized carbons (Fsp3) is 0.615. The molecule has 0 bridgehead atoms. The summed E-state index contributed by atoms with van der Waals surface area (Å²) in [6, 6.07) is 3.17. The fourth-order valence-corrected chi connectivity index (χ4v) is 2.59. The van der Waals surface area contributed by atoms with E-state index in [4.69, 9.17) is 0 Å². The molecule has 0 aliphatic carbocycles. The van der Waals surface area contributed by atoms with Crippen LogP contribution >= 0.6 is 0 Å². The van der Waals surface area contributed by atoms with Crippen molar-refractivity contribution in [1.82, 2.24) is 14.8 Å². The topological polar surface area (TPSA) is 37.3 Å². The number of aromatic nitrogens is 1. The first-order valence-corrected chi connectivity index (χ1v) is 6.53. The summed E-state index contributed by atoms with van der Waals surface area (Å²) in [5.41, 5.74) is 0.0867.